The largest absolute Gasteiger partial charge is 0.493 e. The predicted molar refractivity (Wildman–Crippen MR) is 114 cm³/mol. The summed E-state index contributed by atoms with van der Waals surface area (Å²) in [4.78, 5) is 37.3. The molecular weight excluding hydrogens is 404 g/mol. The number of nitrogens with zero attached hydrogens (tertiary/aromatic N) is 4. The van der Waals surface area contributed by atoms with E-state index in [4.69, 9.17) is 4.74 Å². The van der Waals surface area contributed by atoms with Gasteiger partial charge in [-0.05, 0) is 32.9 Å². The Bertz CT molecular complexity index is 1290. The van der Waals surface area contributed by atoms with Crippen molar-refractivity contribution in [2.75, 3.05) is 11.9 Å². The van der Waals surface area contributed by atoms with E-state index >= 15 is 0 Å². The van der Waals surface area contributed by atoms with Gasteiger partial charge in [-0.2, -0.15) is 9.50 Å². The van der Waals surface area contributed by atoms with Crippen LogP contribution in [0.2, 0.25) is 0 Å². The number of benzene rings is 1. The molecule has 4 aromatic rings. The van der Waals surface area contributed by atoms with Crippen molar-refractivity contribution in [1.29, 1.82) is 0 Å². The first kappa shape index (κ1) is 19.8. The molecule has 0 saturated carbocycles. The number of aromatic amines is 1. The van der Waals surface area contributed by atoms with Crippen LogP contribution in [0.3, 0.4) is 0 Å². The van der Waals surface area contributed by atoms with E-state index in [2.05, 4.69) is 25.4 Å². The third-order valence-corrected chi connectivity index (χ3v) is 5.05. The molecule has 3 heterocycles. The maximum Gasteiger partial charge on any atom is 0.274 e. The number of thiazole rings is 1. The predicted octanol–water partition coefficient (Wildman–Crippen LogP) is 2.74. The molecule has 3 aromatic heterocycles. The van der Waals surface area contributed by atoms with Crippen molar-refractivity contribution in [2.45, 2.75) is 27.2 Å². The summed E-state index contributed by atoms with van der Waals surface area (Å²) < 4.78 is 6.91. The van der Waals surface area contributed by atoms with Crippen LogP contribution in [0.1, 0.15) is 24.0 Å². The summed E-state index contributed by atoms with van der Waals surface area (Å²) in [5.41, 5.74) is 3.00. The maximum absolute atomic E-state index is 12.4. The lowest BCUT2D eigenvalue weighted by Gasteiger charge is -2.09. The normalized spacial score (nSPS) is 11.0. The van der Waals surface area contributed by atoms with Gasteiger partial charge in [-0.1, -0.05) is 11.6 Å². The Balaban J connectivity index is 1.50. The summed E-state index contributed by atoms with van der Waals surface area (Å²) in [6.07, 6.45) is -0.0363. The Morgan fingerprint density at radius 3 is 2.87 bits per heavy atom. The van der Waals surface area contributed by atoms with Gasteiger partial charge in [-0.3, -0.25) is 14.7 Å². The van der Waals surface area contributed by atoms with Crippen LogP contribution in [0.25, 0.3) is 17.0 Å². The molecule has 9 nitrogen and oxygen atoms in total. The number of anilines is 1. The minimum absolute atomic E-state index is 0.0363. The van der Waals surface area contributed by atoms with Crippen LogP contribution in [0.15, 0.2) is 34.4 Å². The number of nitrogens with one attached hydrogen (secondary N) is 2. The molecule has 0 fully saturated rings. The number of hydrogen-bond acceptors (Lipinski definition) is 7. The molecule has 0 spiro atoms. The topological polar surface area (TPSA) is 114 Å². The lowest BCUT2D eigenvalue weighted by atomic mass is 10.1. The van der Waals surface area contributed by atoms with Gasteiger partial charge in [0.2, 0.25) is 5.91 Å². The molecule has 10 heteroatoms. The summed E-state index contributed by atoms with van der Waals surface area (Å²) >= 11 is 1.33. The van der Waals surface area contributed by atoms with Crippen molar-refractivity contribution < 1.29 is 9.53 Å². The van der Waals surface area contributed by atoms with Crippen molar-refractivity contribution in [2.24, 2.45) is 0 Å². The summed E-state index contributed by atoms with van der Waals surface area (Å²) in [7, 11) is 0. The highest BCUT2D eigenvalue weighted by molar-refractivity contribution is 7.14. The Morgan fingerprint density at radius 2 is 2.07 bits per heavy atom. The zero-order valence-electron chi connectivity index (χ0n) is 16.7. The summed E-state index contributed by atoms with van der Waals surface area (Å²) in [5, 5.41) is 7.93. The molecule has 0 radical (unpaired) electrons. The third-order valence-electron chi connectivity index (χ3n) is 4.29. The van der Waals surface area contributed by atoms with Gasteiger partial charge in [0.15, 0.2) is 5.13 Å². The monoisotopic (exact) mass is 424 g/mol. The van der Waals surface area contributed by atoms with Gasteiger partial charge in [-0.25, -0.2) is 9.97 Å². The number of rotatable bonds is 6. The number of H-pyrrole nitrogens is 1. The number of carbonyl (C=O) groups excluding carboxylic acids is 1. The van der Waals surface area contributed by atoms with Crippen molar-refractivity contribution in [3.05, 3.63) is 57.1 Å². The van der Waals surface area contributed by atoms with Crippen LogP contribution in [-0.2, 0) is 11.2 Å². The molecule has 154 valence electrons. The standard InChI is InChI=1S/C20H20N6O3S/c1-4-29-15-6-5-11(2)7-13(15)14-10-30-20(22-14)24-17(27)9-16-23-19-21-12(3)8-18(28)26(19)25-16/h5-8,10H,4,9H2,1-3H3,(H,21,23,25)(H,22,24,27). The van der Waals surface area contributed by atoms with E-state index in [1.807, 2.05) is 37.4 Å². The average molecular weight is 424 g/mol. The Hall–Kier alpha value is -3.53. The molecule has 0 unspecified atom stereocenters. The second-order valence-corrected chi connectivity index (χ2v) is 7.60. The first-order chi connectivity index (χ1) is 14.4. The van der Waals surface area contributed by atoms with Gasteiger partial charge < -0.3 is 10.1 Å². The van der Waals surface area contributed by atoms with Gasteiger partial charge >= 0.3 is 0 Å². The highest BCUT2D eigenvalue weighted by Gasteiger charge is 2.14. The highest BCUT2D eigenvalue weighted by Crippen LogP contribution is 2.33. The fraction of sp³-hybridized carbons (Fsp3) is 0.250. The first-order valence-electron chi connectivity index (χ1n) is 9.37. The van der Waals surface area contributed by atoms with E-state index in [1.54, 1.807) is 6.92 Å². The van der Waals surface area contributed by atoms with Crippen molar-refractivity contribution >= 4 is 28.2 Å². The average Bonchev–Trinajstić information content (AvgIpc) is 3.30. The second kappa shape index (κ2) is 8.07. The van der Waals surface area contributed by atoms with Gasteiger partial charge in [-0.15, -0.1) is 11.3 Å². The van der Waals surface area contributed by atoms with Crippen molar-refractivity contribution in [3.8, 4) is 17.0 Å². The molecule has 0 saturated heterocycles. The van der Waals surface area contributed by atoms with Crippen LogP contribution in [0, 0.1) is 13.8 Å². The van der Waals surface area contributed by atoms with E-state index in [9.17, 15) is 9.59 Å². The molecule has 2 N–H and O–H groups in total. The van der Waals surface area contributed by atoms with Crippen LogP contribution < -0.4 is 15.6 Å². The SMILES string of the molecule is CCOc1ccc(C)cc1-c1csc(NC(=O)Cc2nc3nc(C)cc(=O)n3[nH]2)n1. The molecule has 1 aromatic carbocycles. The lowest BCUT2D eigenvalue weighted by molar-refractivity contribution is -0.115. The maximum atomic E-state index is 12.4. The van der Waals surface area contributed by atoms with Gasteiger partial charge in [0.1, 0.15) is 11.6 Å². The molecule has 30 heavy (non-hydrogen) atoms. The smallest absolute Gasteiger partial charge is 0.274 e. The molecule has 0 aliphatic rings. The van der Waals surface area contributed by atoms with Crippen LogP contribution >= 0.6 is 11.3 Å². The zero-order valence-corrected chi connectivity index (χ0v) is 17.5. The third kappa shape index (κ3) is 4.08. The van der Waals surface area contributed by atoms with Gasteiger partial charge in [0.05, 0.1) is 18.7 Å². The van der Waals surface area contributed by atoms with E-state index in [-0.39, 0.29) is 23.7 Å². The van der Waals surface area contributed by atoms with E-state index < -0.39 is 0 Å². The lowest BCUT2D eigenvalue weighted by Crippen LogP contribution is -2.16. The number of hydrogen-bond donors (Lipinski definition) is 2. The van der Waals surface area contributed by atoms with E-state index in [1.165, 1.54) is 21.9 Å². The first-order valence-corrected chi connectivity index (χ1v) is 10.3. The van der Waals surface area contributed by atoms with Crippen molar-refractivity contribution in [1.82, 2.24) is 24.6 Å². The quantitative estimate of drug-likeness (QED) is 0.492. The van der Waals surface area contributed by atoms with E-state index in [0.29, 0.717) is 23.3 Å². The number of aromatic nitrogens is 5. The number of ether oxygens (including phenoxy) is 1. The number of aryl methyl sites for hydroxylation is 2. The van der Waals surface area contributed by atoms with Crippen molar-refractivity contribution in [3.63, 3.8) is 0 Å². The zero-order chi connectivity index (χ0) is 21.3. The number of amides is 1. The summed E-state index contributed by atoms with van der Waals surface area (Å²) in [6, 6.07) is 7.31. The fourth-order valence-electron chi connectivity index (χ4n) is 3.01. The Kier molecular flexibility index (Phi) is 5.32. The minimum atomic E-state index is -0.297. The molecule has 0 aliphatic carbocycles. The van der Waals surface area contributed by atoms with Crippen LogP contribution in [0.4, 0.5) is 5.13 Å². The van der Waals surface area contributed by atoms with E-state index in [0.717, 1.165) is 22.6 Å². The fourth-order valence-corrected chi connectivity index (χ4v) is 3.74. The second-order valence-electron chi connectivity index (χ2n) is 6.74. The number of fused-ring (bicyclic) bond motifs is 1. The molecule has 4 rings (SSSR count). The van der Waals surface area contributed by atoms with Gasteiger partial charge in [0, 0.05) is 22.7 Å². The van der Waals surface area contributed by atoms with Crippen LogP contribution in [0.5, 0.6) is 5.75 Å². The molecule has 0 bridgehead atoms. The molecule has 1 amide bonds. The minimum Gasteiger partial charge on any atom is -0.493 e. The van der Waals surface area contributed by atoms with Gasteiger partial charge in [0.25, 0.3) is 11.3 Å². The Labute approximate surface area is 175 Å². The van der Waals surface area contributed by atoms with Crippen LogP contribution in [-0.4, -0.2) is 37.1 Å². The molecular formula is C20H20N6O3S. The number of carbonyl (C=O) groups is 1. The summed E-state index contributed by atoms with van der Waals surface area (Å²) in [6.45, 7) is 6.20. The molecule has 0 atom stereocenters. The molecule has 0 aliphatic heterocycles. The Morgan fingerprint density at radius 1 is 1.23 bits per heavy atom. The highest BCUT2D eigenvalue weighted by atomic mass is 32.1. The summed E-state index contributed by atoms with van der Waals surface area (Å²) in [5.74, 6) is 1.04.